The zero-order valence-electron chi connectivity index (χ0n) is 9.47. The van der Waals surface area contributed by atoms with Crippen molar-refractivity contribution >= 4 is 28.9 Å². The number of nitrogens with one attached hydrogen (secondary N) is 2. The van der Waals surface area contributed by atoms with Gasteiger partial charge < -0.3 is 11.1 Å². The number of aromatic amines is 1. The summed E-state index contributed by atoms with van der Waals surface area (Å²) < 4.78 is 0. The third-order valence-electron chi connectivity index (χ3n) is 2.16. The molecule has 0 saturated carbocycles. The Kier molecular flexibility index (Phi) is 3.28. The first-order chi connectivity index (χ1) is 8.58. The van der Waals surface area contributed by atoms with Crippen LogP contribution in [0, 0.1) is 6.92 Å². The molecule has 0 bridgehead atoms. The van der Waals surface area contributed by atoms with Gasteiger partial charge >= 0.3 is 0 Å². The van der Waals surface area contributed by atoms with Gasteiger partial charge in [0.1, 0.15) is 16.5 Å². The van der Waals surface area contributed by atoms with Gasteiger partial charge in [0.05, 0.1) is 23.7 Å². The molecule has 2 rings (SSSR count). The van der Waals surface area contributed by atoms with E-state index in [4.69, 9.17) is 18.0 Å². The maximum Gasteiger partial charge on any atom is 0.277 e. The topological polar surface area (TPSA) is 110 Å². The van der Waals surface area contributed by atoms with E-state index in [0.717, 1.165) is 5.69 Å². The summed E-state index contributed by atoms with van der Waals surface area (Å²) >= 11 is 4.83. The first-order valence-corrected chi connectivity index (χ1v) is 5.42. The lowest BCUT2D eigenvalue weighted by Crippen LogP contribution is -2.18. The predicted octanol–water partition coefficient (Wildman–Crippen LogP) is 0.395. The van der Waals surface area contributed by atoms with Gasteiger partial charge in [-0.05, 0) is 6.92 Å². The van der Waals surface area contributed by atoms with E-state index in [2.05, 4.69) is 25.5 Å². The lowest BCUT2D eigenvalue weighted by molar-refractivity contribution is 0.102. The lowest BCUT2D eigenvalue weighted by atomic mass is 10.3. The summed E-state index contributed by atoms with van der Waals surface area (Å²) in [6, 6.07) is 0. The van der Waals surface area contributed by atoms with Gasteiger partial charge in [-0.2, -0.15) is 5.10 Å². The van der Waals surface area contributed by atoms with Crippen molar-refractivity contribution in [2.24, 2.45) is 5.73 Å². The molecule has 0 aliphatic heterocycles. The average molecular weight is 262 g/mol. The van der Waals surface area contributed by atoms with Crippen LogP contribution in [0.4, 0.5) is 5.82 Å². The molecule has 2 aromatic rings. The van der Waals surface area contributed by atoms with Crippen molar-refractivity contribution in [1.29, 1.82) is 0 Å². The van der Waals surface area contributed by atoms with Crippen molar-refractivity contribution in [3.8, 4) is 0 Å². The van der Waals surface area contributed by atoms with Crippen molar-refractivity contribution < 1.29 is 4.79 Å². The van der Waals surface area contributed by atoms with Crippen LogP contribution in [-0.4, -0.2) is 31.1 Å². The fraction of sp³-hybridized carbons (Fsp3) is 0.100. The summed E-state index contributed by atoms with van der Waals surface area (Å²) in [7, 11) is 0. The molecule has 18 heavy (non-hydrogen) atoms. The van der Waals surface area contributed by atoms with E-state index in [1.54, 1.807) is 6.92 Å². The van der Waals surface area contributed by atoms with E-state index >= 15 is 0 Å². The number of nitrogens with zero attached hydrogens (tertiary/aromatic N) is 3. The molecule has 0 fully saturated rings. The third kappa shape index (κ3) is 2.48. The molecule has 2 heterocycles. The second-order valence-corrected chi connectivity index (χ2v) is 3.96. The Bertz CT molecular complexity index is 591. The first-order valence-electron chi connectivity index (χ1n) is 5.01. The zero-order valence-corrected chi connectivity index (χ0v) is 10.3. The number of thiocarbonyl (C=S) groups is 1. The summed E-state index contributed by atoms with van der Waals surface area (Å²) in [5.41, 5.74) is 6.89. The highest BCUT2D eigenvalue weighted by molar-refractivity contribution is 7.80. The number of hydrogen-bond donors (Lipinski definition) is 3. The van der Waals surface area contributed by atoms with Crippen molar-refractivity contribution in [3.05, 3.63) is 35.5 Å². The molecule has 0 unspecified atom stereocenters. The van der Waals surface area contributed by atoms with Crippen LogP contribution < -0.4 is 11.1 Å². The van der Waals surface area contributed by atoms with E-state index < -0.39 is 5.91 Å². The molecule has 0 atom stereocenters. The molecule has 1 amide bonds. The summed E-state index contributed by atoms with van der Waals surface area (Å²) in [4.78, 5) is 19.9. The predicted molar refractivity (Wildman–Crippen MR) is 69.2 cm³/mol. The maximum absolute atomic E-state index is 11.9. The monoisotopic (exact) mass is 262 g/mol. The highest BCUT2D eigenvalue weighted by Crippen LogP contribution is 2.11. The van der Waals surface area contributed by atoms with Crippen LogP contribution in [0.1, 0.15) is 21.7 Å². The Hall–Kier alpha value is -2.35. The molecular weight excluding hydrogens is 252 g/mol. The Morgan fingerprint density at radius 2 is 2.17 bits per heavy atom. The van der Waals surface area contributed by atoms with Gasteiger partial charge in [0.25, 0.3) is 5.91 Å². The Labute approximate surface area is 108 Å². The number of carbonyl (C=O) groups is 1. The van der Waals surface area contributed by atoms with Crippen LogP contribution in [-0.2, 0) is 0 Å². The van der Waals surface area contributed by atoms with Gasteiger partial charge in [-0.1, -0.05) is 12.2 Å². The minimum absolute atomic E-state index is 0.147. The smallest absolute Gasteiger partial charge is 0.277 e. The molecule has 8 heteroatoms. The van der Waals surface area contributed by atoms with Gasteiger partial charge in [-0.15, -0.1) is 0 Å². The highest BCUT2D eigenvalue weighted by atomic mass is 32.1. The lowest BCUT2D eigenvalue weighted by Gasteiger charge is -2.04. The molecule has 92 valence electrons. The minimum Gasteiger partial charge on any atom is -0.389 e. The summed E-state index contributed by atoms with van der Waals surface area (Å²) in [5, 5.41) is 8.94. The number of hydrogen-bond acceptors (Lipinski definition) is 5. The quantitative estimate of drug-likeness (QED) is 0.690. The Morgan fingerprint density at radius 1 is 1.39 bits per heavy atom. The standard InChI is InChI=1S/C10H10N6OS/c1-5-2-13-7(4-12-5)10(17)15-9-6(8(11)18)3-14-16-9/h2-4H,1H3,(H2,11,18)(H2,14,15,16,17). The number of H-pyrrole nitrogens is 1. The Morgan fingerprint density at radius 3 is 2.78 bits per heavy atom. The molecule has 0 aliphatic rings. The van der Waals surface area contributed by atoms with Gasteiger partial charge in [0, 0.05) is 6.20 Å². The van der Waals surface area contributed by atoms with Gasteiger partial charge in [-0.25, -0.2) is 4.98 Å². The molecule has 4 N–H and O–H groups in total. The van der Waals surface area contributed by atoms with Crippen molar-refractivity contribution in [2.45, 2.75) is 6.92 Å². The number of amides is 1. The largest absolute Gasteiger partial charge is 0.389 e. The maximum atomic E-state index is 11.9. The summed E-state index contributed by atoms with van der Waals surface area (Å²) in [5.74, 6) is -0.0703. The number of carbonyl (C=O) groups excluding carboxylic acids is 1. The second-order valence-electron chi connectivity index (χ2n) is 3.52. The molecular formula is C10H10N6OS. The first kappa shape index (κ1) is 12.1. The van der Waals surface area contributed by atoms with E-state index in [9.17, 15) is 4.79 Å². The Balaban J connectivity index is 2.19. The minimum atomic E-state index is -0.413. The van der Waals surface area contributed by atoms with Crippen LogP contribution in [0.5, 0.6) is 0 Å². The number of aromatic nitrogens is 4. The third-order valence-corrected chi connectivity index (χ3v) is 2.38. The number of nitrogens with two attached hydrogens (primary N) is 1. The van der Waals surface area contributed by atoms with Gasteiger partial charge in [0.2, 0.25) is 0 Å². The fourth-order valence-electron chi connectivity index (χ4n) is 1.26. The molecule has 0 aliphatic carbocycles. The SMILES string of the molecule is Cc1cnc(C(=O)Nc2[nH]ncc2C(N)=S)cn1. The van der Waals surface area contributed by atoms with Crippen LogP contribution in [0.2, 0.25) is 0 Å². The second kappa shape index (κ2) is 4.88. The van der Waals surface area contributed by atoms with Crippen LogP contribution in [0.25, 0.3) is 0 Å². The van der Waals surface area contributed by atoms with Crippen molar-refractivity contribution in [3.63, 3.8) is 0 Å². The molecule has 0 spiro atoms. The summed E-state index contributed by atoms with van der Waals surface area (Å²) in [6.45, 7) is 1.79. The number of rotatable bonds is 3. The highest BCUT2D eigenvalue weighted by Gasteiger charge is 2.13. The van der Waals surface area contributed by atoms with E-state index in [-0.39, 0.29) is 10.7 Å². The van der Waals surface area contributed by atoms with Crippen molar-refractivity contribution in [2.75, 3.05) is 5.32 Å². The zero-order chi connectivity index (χ0) is 13.1. The van der Waals surface area contributed by atoms with E-state index in [0.29, 0.717) is 11.4 Å². The summed E-state index contributed by atoms with van der Waals surface area (Å²) in [6.07, 6.45) is 4.34. The molecule has 0 saturated heterocycles. The molecule has 0 radical (unpaired) electrons. The van der Waals surface area contributed by atoms with Crippen molar-refractivity contribution in [1.82, 2.24) is 20.2 Å². The van der Waals surface area contributed by atoms with Crippen LogP contribution in [0.3, 0.4) is 0 Å². The van der Waals surface area contributed by atoms with Gasteiger partial charge in [0.15, 0.2) is 0 Å². The fourth-order valence-corrected chi connectivity index (χ4v) is 1.41. The molecule has 0 aromatic carbocycles. The van der Waals surface area contributed by atoms with Crippen LogP contribution in [0.15, 0.2) is 18.6 Å². The average Bonchev–Trinajstić information content (AvgIpc) is 2.78. The van der Waals surface area contributed by atoms with Gasteiger partial charge in [-0.3, -0.25) is 14.9 Å². The number of aryl methyl sites for hydroxylation is 1. The van der Waals surface area contributed by atoms with E-state index in [1.807, 2.05) is 0 Å². The van der Waals surface area contributed by atoms with E-state index in [1.165, 1.54) is 18.6 Å². The normalized spacial score (nSPS) is 10.1. The molecule has 2 aromatic heterocycles. The van der Waals surface area contributed by atoms with Crippen LogP contribution >= 0.6 is 12.2 Å². The molecule has 7 nitrogen and oxygen atoms in total. The number of anilines is 1.